The summed E-state index contributed by atoms with van der Waals surface area (Å²) in [5.41, 5.74) is 9.49. The van der Waals surface area contributed by atoms with Crippen LogP contribution in [0.4, 0.5) is 5.69 Å². The molecule has 0 saturated heterocycles. The third kappa shape index (κ3) is 6.00. The van der Waals surface area contributed by atoms with Crippen molar-refractivity contribution in [1.82, 2.24) is 5.48 Å². The van der Waals surface area contributed by atoms with Gasteiger partial charge in [-0.2, -0.15) is 0 Å². The van der Waals surface area contributed by atoms with E-state index < -0.39 is 0 Å². The molecule has 5 N–H and O–H groups in total. The van der Waals surface area contributed by atoms with E-state index in [0.29, 0.717) is 24.8 Å². The Kier molecular flexibility index (Phi) is 6.55. The normalized spacial score (nSPS) is 19.2. The number of nitrogens with two attached hydrogens (primary N) is 1. The van der Waals surface area contributed by atoms with Crippen molar-refractivity contribution in [2.24, 2.45) is 5.73 Å². The number of anilines is 1. The number of amides is 2. The van der Waals surface area contributed by atoms with Gasteiger partial charge in [-0.1, -0.05) is 25.0 Å². The van der Waals surface area contributed by atoms with Crippen molar-refractivity contribution in [3.05, 3.63) is 29.8 Å². The summed E-state index contributed by atoms with van der Waals surface area (Å²) in [5, 5.41) is 11.2. The highest BCUT2D eigenvalue weighted by atomic mass is 16.5. The van der Waals surface area contributed by atoms with Crippen LogP contribution in [0.15, 0.2) is 24.3 Å². The number of hydrogen-bond acceptors (Lipinski definition) is 4. The van der Waals surface area contributed by atoms with Crippen LogP contribution in [0.5, 0.6) is 0 Å². The van der Waals surface area contributed by atoms with Crippen LogP contribution in [-0.4, -0.2) is 23.1 Å². The molecule has 23 heavy (non-hydrogen) atoms. The van der Waals surface area contributed by atoms with Crippen molar-refractivity contribution >= 4 is 17.5 Å². The van der Waals surface area contributed by atoms with Gasteiger partial charge in [-0.25, -0.2) is 5.48 Å². The van der Waals surface area contributed by atoms with Crippen LogP contribution in [0.25, 0.3) is 0 Å². The van der Waals surface area contributed by atoms with Crippen LogP contribution in [0.3, 0.4) is 0 Å². The fraction of sp³-hybridized carbons (Fsp3) is 0.529. The van der Waals surface area contributed by atoms with Crippen molar-refractivity contribution in [1.29, 1.82) is 0 Å². The molecule has 0 bridgehead atoms. The maximum Gasteiger partial charge on any atom is 0.243 e. The number of benzene rings is 1. The molecule has 0 aliphatic heterocycles. The Hall–Kier alpha value is -1.92. The minimum atomic E-state index is -0.363. The number of rotatable bonds is 9. The lowest BCUT2D eigenvalue weighted by Crippen LogP contribution is -2.17. The van der Waals surface area contributed by atoms with E-state index >= 15 is 0 Å². The molecule has 2 rings (SSSR count). The average Bonchev–Trinajstić information content (AvgIpc) is 3.28. The predicted molar refractivity (Wildman–Crippen MR) is 88.0 cm³/mol. The highest BCUT2D eigenvalue weighted by Crippen LogP contribution is 2.39. The molecule has 1 saturated carbocycles. The van der Waals surface area contributed by atoms with Gasteiger partial charge in [-0.3, -0.25) is 14.8 Å². The van der Waals surface area contributed by atoms with Crippen molar-refractivity contribution in [2.45, 2.75) is 56.9 Å². The van der Waals surface area contributed by atoms with E-state index in [-0.39, 0.29) is 11.8 Å². The standard InChI is InChI=1S/C17H25N3O3/c18-15-11-14(15)12-7-9-13(10-8-12)19-16(21)5-3-1-2-4-6-17(22)20-23/h7-10,14-15,23H,1-6,11,18H2,(H,19,21)(H,20,22). The summed E-state index contributed by atoms with van der Waals surface area (Å²) in [6.07, 6.45) is 5.12. The minimum Gasteiger partial charge on any atom is -0.327 e. The Balaban J connectivity index is 1.58. The van der Waals surface area contributed by atoms with E-state index in [1.54, 1.807) is 5.48 Å². The monoisotopic (exact) mass is 319 g/mol. The van der Waals surface area contributed by atoms with Crippen LogP contribution in [0.1, 0.15) is 56.4 Å². The molecule has 1 aliphatic carbocycles. The number of hydrogen-bond donors (Lipinski definition) is 4. The van der Waals surface area contributed by atoms with Crippen LogP contribution in [-0.2, 0) is 9.59 Å². The van der Waals surface area contributed by atoms with Gasteiger partial charge in [0.25, 0.3) is 0 Å². The summed E-state index contributed by atoms with van der Waals surface area (Å²) in [5.74, 6) is 0.125. The first-order chi connectivity index (χ1) is 11.1. The molecule has 0 aromatic heterocycles. The smallest absolute Gasteiger partial charge is 0.243 e. The average molecular weight is 319 g/mol. The lowest BCUT2D eigenvalue weighted by Gasteiger charge is -2.06. The second-order valence-electron chi connectivity index (χ2n) is 6.13. The van der Waals surface area contributed by atoms with Gasteiger partial charge >= 0.3 is 0 Å². The summed E-state index contributed by atoms with van der Waals surface area (Å²) < 4.78 is 0. The molecule has 0 heterocycles. The summed E-state index contributed by atoms with van der Waals surface area (Å²) >= 11 is 0. The molecule has 2 amide bonds. The fourth-order valence-electron chi connectivity index (χ4n) is 2.62. The molecule has 126 valence electrons. The molecule has 6 nitrogen and oxygen atoms in total. The zero-order valence-corrected chi connectivity index (χ0v) is 13.3. The number of carbonyl (C=O) groups is 2. The van der Waals surface area contributed by atoms with E-state index in [1.807, 2.05) is 24.3 Å². The summed E-state index contributed by atoms with van der Waals surface area (Å²) in [6, 6.07) is 8.19. The lowest BCUT2D eigenvalue weighted by atomic mass is 10.1. The molecule has 2 atom stereocenters. The molecular weight excluding hydrogens is 294 g/mol. The Bertz CT molecular complexity index is 530. The molecular formula is C17H25N3O3. The molecule has 2 unspecified atom stereocenters. The topological polar surface area (TPSA) is 104 Å². The van der Waals surface area contributed by atoms with Crippen LogP contribution in [0.2, 0.25) is 0 Å². The highest BCUT2D eigenvalue weighted by molar-refractivity contribution is 5.90. The second-order valence-corrected chi connectivity index (χ2v) is 6.13. The van der Waals surface area contributed by atoms with Crippen LogP contribution >= 0.6 is 0 Å². The summed E-state index contributed by atoms with van der Waals surface area (Å²) in [4.78, 5) is 22.7. The van der Waals surface area contributed by atoms with Crippen molar-refractivity contribution in [3.8, 4) is 0 Å². The number of nitrogens with one attached hydrogen (secondary N) is 2. The third-order valence-electron chi connectivity index (χ3n) is 4.14. The molecule has 1 fully saturated rings. The maximum atomic E-state index is 11.9. The van der Waals surface area contributed by atoms with E-state index in [1.165, 1.54) is 5.56 Å². The maximum absolute atomic E-state index is 11.9. The van der Waals surface area contributed by atoms with E-state index in [2.05, 4.69) is 5.32 Å². The third-order valence-corrected chi connectivity index (χ3v) is 4.14. The first kappa shape index (κ1) is 17.4. The Morgan fingerprint density at radius 1 is 1.04 bits per heavy atom. The van der Waals surface area contributed by atoms with Gasteiger partial charge in [-0.05, 0) is 37.0 Å². The number of hydroxylamine groups is 1. The minimum absolute atomic E-state index is 0.00831. The molecule has 1 aromatic rings. The Morgan fingerprint density at radius 3 is 2.13 bits per heavy atom. The van der Waals surface area contributed by atoms with E-state index in [9.17, 15) is 9.59 Å². The van der Waals surface area contributed by atoms with E-state index in [0.717, 1.165) is 37.8 Å². The van der Waals surface area contributed by atoms with Gasteiger partial charge in [0, 0.05) is 30.5 Å². The summed E-state index contributed by atoms with van der Waals surface area (Å²) in [6.45, 7) is 0. The van der Waals surface area contributed by atoms with E-state index in [4.69, 9.17) is 10.9 Å². The Labute approximate surface area is 136 Å². The summed E-state index contributed by atoms with van der Waals surface area (Å²) in [7, 11) is 0. The fourth-order valence-corrected chi connectivity index (χ4v) is 2.62. The first-order valence-electron chi connectivity index (χ1n) is 8.18. The van der Waals surface area contributed by atoms with Gasteiger partial charge in [0.2, 0.25) is 11.8 Å². The lowest BCUT2D eigenvalue weighted by molar-refractivity contribution is -0.129. The first-order valence-corrected chi connectivity index (χ1v) is 8.18. The second kappa shape index (κ2) is 8.64. The zero-order valence-electron chi connectivity index (χ0n) is 13.3. The van der Waals surface area contributed by atoms with Gasteiger partial charge in [0.05, 0.1) is 0 Å². The molecule has 0 spiro atoms. The quantitative estimate of drug-likeness (QED) is 0.318. The molecule has 1 aliphatic rings. The van der Waals surface area contributed by atoms with Gasteiger partial charge in [-0.15, -0.1) is 0 Å². The molecule has 0 radical (unpaired) electrons. The largest absolute Gasteiger partial charge is 0.327 e. The van der Waals surface area contributed by atoms with Gasteiger partial charge < -0.3 is 11.1 Å². The Morgan fingerprint density at radius 2 is 1.61 bits per heavy atom. The SMILES string of the molecule is NC1CC1c1ccc(NC(=O)CCCCCCC(=O)NO)cc1. The van der Waals surface area contributed by atoms with Gasteiger partial charge in [0.15, 0.2) is 0 Å². The highest BCUT2D eigenvalue weighted by Gasteiger charge is 2.34. The van der Waals surface area contributed by atoms with Crippen LogP contribution < -0.4 is 16.5 Å². The van der Waals surface area contributed by atoms with Gasteiger partial charge in [0.1, 0.15) is 0 Å². The van der Waals surface area contributed by atoms with Crippen molar-refractivity contribution in [2.75, 3.05) is 5.32 Å². The molecule has 6 heteroatoms. The number of unbranched alkanes of at least 4 members (excludes halogenated alkanes) is 3. The number of carbonyl (C=O) groups excluding carboxylic acids is 2. The predicted octanol–water partition coefficient (Wildman–Crippen LogP) is 2.29. The van der Waals surface area contributed by atoms with Crippen molar-refractivity contribution < 1.29 is 14.8 Å². The van der Waals surface area contributed by atoms with Crippen molar-refractivity contribution in [3.63, 3.8) is 0 Å². The molecule has 1 aromatic carbocycles. The zero-order chi connectivity index (χ0) is 16.7. The van der Waals surface area contributed by atoms with Crippen LogP contribution in [0, 0.1) is 0 Å².